The molecule has 0 saturated carbocycles. The Labute approximate surface area is 119 Å². The number of halogens is 1. The minimum Gasteiger partial charge on any atom is -0.396 e. The van der Waals surface area contributed by atoms with Crippen LogP contribution < -0.4 is 10.5 Å². The van der Waals surface area contributed by atoms with Crippen molar-refractivity contribution in [1.29, 1.82) is 0 Å². The smallest absolute Gasteiger partial charge is 0.238 e. The number of nitrogens with two attached hydrogens (primary N) is 1. The number of primary sulfonamides is 1. The summed E-state index contributed by atoms with van der Waals surface area (Å²) in [5.74, 6) is -0.405. The van der Waals surface area contributed by atoms with Crippen LogP contribution in [0, 0.1) is 11.7 Å². The largest absolute Gasteiger partial charge is 0.396 e. The first kappa shape index (κ1) is 16.9. The SMILES string of the molecule is CCCC(CCO)CNc1ccc(S(N)(=O)=O)cc1F. The highest BCUT2D eigenvalue weighted by Gasteiger charge is 2.13. The Kier molecular flexibility index (Phi) is 6.38. The maximum Gasteiger partial charge on any atom is 0.238 e. The second-order valence-electron chi connectivity index (χ2n) is 4.73. The first-order valence-electron chi connectivity index (χ1n) is 6.55. The first-order chi connectivity index (χ1) is 9.38. The van der Waals surface area contributed by atoms with Crippen molar-refractivity contribution in [2.75, 3.05) is 18.5 Å². The van der Waals surface area contributed by atoms with Crippen LogP contribution in [-0.4, -0.2) is 26.7 Å². The van der Waals surface area contributed by atoms with Gasteiger partial charge in [0.2, 0.25) is 10.0 Å². The molecule has 0 spiro atoms. The van der Waals surface area contributed by atoms with Gasteiger partial charge >= 0.3 is 0 Å². The lowest BCUT2D eigenvalue weighted by Gasteiger charge is -2.17. The summed E-state index contributed by atoms with van der Waals surface area (Å²) in [6.07, 6.45) is 2.57. The van der Waals surface area contributed by atoms with Crippen molar-refractivity contribution in [3.05, 3.63) is 24.0 Å². The monoisotopic (exact) mass is 304 g/mol. The molecule has 1 atom stereocenters. The van der Waals surface area contributed by atoms with E-state index in [4.69, 9.17) is 10.2 Å². The molecule has 0 aliphatic heterocycles. The van der Waals surface area contributed by atoms with E-state index in [0.717, 1.165) is 18.9 Å². The van der Waals surface area contributed by atoms with Gasteiger partial charge in [-0.1, -0.05) is 13.3 Å². The molecule has 0 fully saturated rings. The maximum atomic E-state index is 13.8. The standard InChI is InChI=1S/C13H21FN2O3S/c1-2-3-10(6-7-17)9-16-13-5-4-11(8-12(13)14)20(15,18)19/h4-5,8,10,16-17H,2-3,6-7,9H2,1H3,(H2,15,18,19). The van der Waals surface area contributed by atoms with Crippen LogP contribution in [0.3, 0.4) is 0 Å². The molecular formula is C13H21FN2O3S. The van der Waals surface area contributed by atoms with E-state index in [0.29, 0.717) is 13.0 Å². The van der Waals surface area contributed by atoms with Crippen LogP contribution in [0.1, 0.15) is 26.2 Å². The summed E-state index contributed by atoms with van der Waals surface area (Å²) in [6, 6.07) is 3.52. The number of aliphatic hydroxyl groups excluding tert-OH is 1. The fourth-order valence-electron chi connectivity index (χ4n) is 2.01. The lowest BCUT2D eigenvalue weighted by molar-refractivity contribution is 0.255. The fraction of sp³-hybridized carbons (Fsp3) is 0.538. The molecule has 0 aromatic heterocycles. The van der Waals surface area contributed by atoms with Gasteiger partial charge in [0, 0.05) is 13.2 Å². The maximum absolute atomic E-state index is 13.8. The minimum atomic E-state index is -3.89. The second kappa shape index (κ2) is 7.56. The number of nitrogens with one attached hydrogen (secondary N) is 1. The van der Waals surface area contributed by atoms with Crippen LogP contribution in [0.15, 0.2) is 23.1 Å². The van der Waals surface area contributed by atoms with Crippen molar-refractivity contribution in [2.24, 2.45) is 11.1 Å². The van der Waals surface area contributed by atoms with Crippen LogP contribution in [0.2, 0.25) is 0 Å². The van der Waals surface area contributed by atoms with Crippen molar-refractivity contribution in [1.82, 2.24) is 0 Å². The Hall–Kier alpha value is -1.18. The van der Waals surface area contributed by atoms with Crippen LogP contribution in [0.5, 0.6) is 0 Å². The molecule has 1 aromatic rings. The van der Waals surface area contributed by atoms with Crippen LogP contribution in [0.25, 0.3) is 0 Å². The van der Waals surface area contributed by atoms with Gasteiger partial charge in [0.05, 0.1) is 10.6 Å². The minimum absolute atomic E-state index is 0.0964. The Morgan fingerprint density at radius 1 is 1.40 bits per heavy atom. The molecule has 4 N–H and O–H groups in total. The van der Waals surface area contributed by atoms with Gasteiger partial charge in [-0.2, -0.15) is 0 Å². The zero-order valence-electron chi connectivity index (χ0n) is 11.5. The molecule has 1 unspecified atom stereocenters. The Morgan fingerprint density at radius 3 is 2.60 bits per heavy atom. The molecule has 0 heterocycles. The molecule has 1 rings (SSSR count). The molecule has 0 amide bonds. The molecule has 0 bridgehead atoms. The normalized spacial score (nSPS) is 13.2. The van der Waals surface area contributed by atoms with E-state index in [9.17, 15) is 12.8 Å². The number of benzene rings is 1. The average molecular weight is 304 g/mol. The van der Waals surface area contributed by atoms with Crippen molar-refractivity contribution < 1.29 is 17.9 Å². The summed E-state index contributed by atoms with van der Waals surface area (Å²) >= 11 is 0. The van der Waals surface area contributed by atoms with E-state index in [1.807, 2.05) is 6.92 Å². The van der Waals surface area contributed by atoms with Gasteiger partial charge in [-0.25, -0.2) is 17.9 Å². The third-order valence-corrected chi connectivity index (χ3v) is 4.00. The number of aliphatic hydroxyl groups is 1. The van der Waals surface area contributed by atoms with Gasteiger partial charge in [-0.3, -0.25) is 0 Å². The molecular weight excluding hydrogens is 283 g/mol. The Morgan fingerprint density at radius 2 is 2.10 bits per heavy atom. The van der Waals surface area contributed by atoms with Crippen LogP contribution in [-0.2, 0) is 10.0 Å². The van der Waals surface area contributed by atoms with Gasteiger partial charge in [-0.15, -0.1) is 0 Å². The predicted octanol–water partition coefficient (Wildman–Crippen LogP) is 1.68. The number of hydrogen-bond donors (Lipinski definition) is 3. The molecule has 0 radical (unpaired) electrons. The Balaban J connectivity index is 2.73. The number of hydrogen-bond acceptors (Lipinski definition) is 4. The molecule has 0 saturated heterocycles. The predicted molar refractivity (Wildman–Crippen MR) is 76.4 cm³/mol. The molecule has 0 aliphatic carbocycles. The molecule has 20 heavy (non-hydrogen) atoms. The van der Waals surface area contributed by atoms with E-state index in [1.165, 1.54) is 12.1 Å². The number of anilines is 1. The van der Waals surface area contributed by atoms with Crippen LogP contribution >= 0.6 is 0 Å². The van der Waals surface area contributed by atoms with Crippen molar-refractivity contribution in [2.45, 2.75) is 31.1 Å². The van der Waals surface area contributed by atoms with E-state index in [2.05, 4.69) is 5.32 Å². The number of sulfonamides is 1. The first-order valence-corrected chi connectivity index (χ1v) is 8.10. The molecule has 5 nitrogen and oxygen atoms in total. The topological polar surface area (TPSA) is 92.4 Å². The van der Waals surface area contributed by atoms with E-state index in [-0.39, 0.29) is 23.1 Å². The zero-order valence-corrected chi connectivity index (χ0v) is 12.3. The summed E-state index contributed by atoms with van der Waals surface area (Å²) in [6.45, 7) is 2.67. The van der Waals surface area contributed by atoms with Gasteiger partial charge in [-0.05, 0) is 37.0 Å². The highest BCUT2D eigenvalue weighted by atomic mass is 32.2. The highest BCUT2D eigenvalue weighted by molar-refractivity contribution is 7.89. The van der Waals surface area contributed by atoms with Crippen molar-refractivity contribution >= 4 is 15.7 Å². The molecule has 7 heteroatoms. The quantitative estimate of drug-likeness (QED) is 0.681. The molecule has 1 aromatic carbocycles. The lowest BCUT2D eigenvalue weighted by atomic mass is 10.0. The third kappa shape index (κ3) is 5.07. The molecule has 0 aliphatic rings. The summed E-state index contributed by atoms with van der Waals surface area (Å²) in [4.78, 5) is -0.249. The van der Waals surface area contributed by atoms with Crippen molar-refractivity contribution in [3.63, 3.8) is 0 Å². The van der Waals surface area contributed by atoms with Crippen LogP contribution in [0.4, 0.5) is 10.1 Å². The van der Waals surface area contributed by atoms with Gasteiger partial charge < -0.3 is 10.4 Å². The summed E-state index contributed by atoms with van der Waals surface area (Å²) in [7, 11) is -3.89. The fourth-order valence-corrected chi connectivity index (χ4v) is 2.54. The lowest BCUT2D eigenvalue weighted by Crippen LogP contribution is -2.17. The summed E-state index contributed by atoms with van der Waals surface area (Å²) in [5, 5.41) is 16.8. The second-order valence-corrected chi connectivity index (χ2v) is 6.30. The van der Waals surface area contributed by atoms with Gasteiger partial charge in [0.25, 0.3) is 0 Å². The van der Waals surface area contributed by atoms with E-state index >= 15 is 0 Å². The van der Waals surface area contributed by atoms with E-state index in [1.54, 1.807) is 0 Å². The highest BCUT2D eigenvalue weighted by Crippen LogP contribution is 2.19. The molecule has 114 valence electrons. The average Bonchev–Trinajstić information content (AvgIpc) is 2.36. The van der Waals surface area contributed by atoms with Gasteiger partial charge in [0.15, 0.2) is 0 Å². The van der Waals surface area contributed by atoms with E-state index < -0.39 is 15.8 Å². The third-order valence-electron chi connectivity index (χ3n) is 3.08. The Bertz CT molecular complexity index is 528. The van der Waals surface area contributed by atoms with Gasteiger partial charge in [0.1, 0.15) is 5.82 Å². The number of rotatable bonds is 8. The van der Waals surface area contributed by atoms with Crippen molar-refractivity contribution in [3.8, 4) is 0 Å². The summed E-state index contributed by atoms with van der Waals surface area (Å²) in [5.41, 5.74) is 0.233. The summed E-state index contributed by atoms with van der Waals surface area (Å²) < 4.78 is 36.0. The zero-order chi connectivity index (χ0) is 15.2.